The molecule has 28 heteroatoms. The average molecular weight is 1110 g/mol. The lowest BCUT2D eigenvalue weighted by Crippen LogP contribution is -2.44. The number of nitrogens with zero attached hydrogens (tertiary/aromatic N) is 7. The van der Waals surface area contributed by atoms with Gasteiger partial charge in [-0.3, -0.25) is 63.0 Å². The molecular weight excluding hydrogens is 1030 g/mol. The first-order valence-electron chi connectivity index (χ1n) is 26.8. The van der Waals surface area contributed by atoms with Crippen molar-refractivity contribution < 1.29 is 44.4 Å². The molecule has 3 heterocycles. The SMILES string of the molecule is Cc1nc(CCC(=O)N[C@@H](C)CNCCC(=O)NCCN(CCNC(=O)CCNC[C@H](C)NC(=O)CCc2nc(C)c(C)n(O)c2=O)CCNC(=O)CCNC[C@H](C)NC(=O)CCc2nc(C)c(C)n(O)c2=O)c(=O)n(O)c1C. The van der Waals surface area contributed by atoms with Gasteiger partial charge in [0.25, 0.3) is 0 Å². The number of rotatable bonds is 36. The monoisotopic (exact) mass is 1110 g/mol. The van der Waals surface area contributed by atoms with Crippen molar-refractivity contribution in [1.29, 1.82) is 0 Å². The standard InChI is InChI=1S/C51H84N16O12/c1-31(58-46(71)13-10-40-49(74)65(77)37(7)34(4)61-40)28-52-19-16-43(68)55-22-25-64(26-23-56-44(69)17-20-53-29-32(2)59-47(72)14-11-41-50(75)66(78)38(8)35(5)62-41)27-24-57-45(70)18-21-54-30-33(3)60-48(73)15-12-42-51(76)67(79)39(9)36(6)63-42/h31-33,52-54,77-79H,10-30H2,1-9H3,(H,55,68)(H,56,69)(H,57,70)(H,58,71)(H,59,72)(H,60,73)/t31-,32-,33-/m0/s1. The predicted octanol–water partition coefficient (Wildman–Crippen LogP) is -2.78. The van der Waals surface area contributed by atoms with Crippen LogP contribution in [0.25, 0.3) is 0 Å². The molecule has 0 aliphatic carbocycles. The van der Waals surface area contributed by atoms with Crippen LogP contribution in [0.5, 0.6) is 0 Å². The van der Waals surface area contributed by atoms with Crippen LogP contribution in [0.4, 0.5) is 0 Å². The first-order valence-corrected chi connectivity index (χ1v) is 26.8. The van der Waals surface area contributed by atoms with Crippen LogP contribution in [0.1, 0.15) is 111 Å². The van der Waals surface area contributed by atoms with E-state index in [1.807, 2.05) is 4.90 Å². The molecule has 0 aliphatic rings. The number of carbonyl (C=O) groups excluding carboxylic acids is 6. The zero-order chi connectivity index (χ0) is 58.8. The molecule has 3 atom stereocenters. The maximum absolute atomic E-state index is 12.8. The summed E-state index contributed by atoms with van der Waals surface area (Å²) in [4.78, 5) is 127. The summed E-state index contributed by atoms with van der Waals surface area (Å²) in [6, 6.07) is -0.831. The predicted molar refractivity (Wildman–Crippen MR) is 291 cm³/mol. The second-order valence-electron chi connectivity index (χ2n) is 19.7. The Morgan fingerprint density at radius 1 is 0.418 bits per heavy atom. The van der Waals surface area contributed by atoms with Crippen LogP contribution in [0, 0.1) is 41.5 Å². The van der Waals surface area contributed by atoms with Gasteiger partial charge in [0.15, 0.2) is 0 Å². The van der Waals surface area contributed by atoms with Gasteiger partial charge in [-0.15, -0.1) is 14.2 Å². The van der Waals surface area contributed by atoms with Crippen molar-refractivity contribution in [2.24, 2.45) is 0 Å². The molecule has 440 valence electrons. The van der Waals surface area contributed by atoms with Gasteiger partial charge in [-0.25, -0.2) is 0 Å². The smallest absolute Gasteiger partial charge is 0.304 e. The van der Waals surface area contributed by atoms with Crippen LogP contribution in [-0.2, 0) is 48.0 Å². The zero-order valence-corrected chi connectivity index (χ0v) is 47.2. The van der Waals surface area contributed by atoms with Gasteiger partial charge in [-0.2, -0.15) is 0 Å². The largest absolute Gasteiger partial charge is 0.425 e. The van der Waals surface area contributed by atoms with Crippen molar-refractivity contribution in [1.82, 2.24) is 81.9 Å². The highest BCUT2D eigenvalue weighted by Crippen LogP contribution is 2.05. The Bertz CT molecular complexity index is 2440. The van der Waals surface area contributed by atoms with Crippen LogP contribution in [0.3, 0.4) is 0 Å². The summed E-state index contributed by atoms with van der Waals surface area (Å²) < 4.78 is 1.60. The molecule has 0 saturated carbocycles. The molecule has 3 rings (SSSR count). The van der Waals surface area contributed by atoms with Crippen molar-refractivity contribution >= 4 is 35.4 Å². The number of aryl methyl sites for hydroxylation is 6. The van der Waals surface area contributed by atoms with E-state index >= 15 is 0 Å². The summed E-state index contributed by atoms with van der Waals surface area (Å²) in [6.07, 6.45) is 0.688. The van der Waals surface area contributed by atoms with Crippen molar-refractivity contribution in [3.8, 4) is 0 Å². The molecule has 79 heavy (non-hydrogen) atoms. The minimum Gasteiger partial charge on any atom is -0.425 e. The van der Waals surface area contributed by atoms with Crippen LogP contribution >= 0.6 is 0 Å². The summed E-state index contributed by atoms with van der Waals surface area (Å²) in [6.45, 7) is 19.4. The Morgan fingerprint density at radius 2 is 0.671 bits per heavy atom. The number of aromatic nitrogens is 6. The van der Waals surface area contributed by atoms with E-state index < -0.39 is 16.7 Å². The third-order valence-electron chi connectivity index (χ3n) is 12.9. The first-order chi connectivity index (χ1) is 37.4. The third-order valence-corrected chi connectivity index (χ3v) is 12.9. The highest BCUT2D eigenvalue weighted by molar-refractivity contribution is 5.78. The van der Waals surface area contributed by atoms with E-state index in [0.717, 1.165) is 0 Å². The average Bonchev–Trinajstić information content (AvgIpc) is 3.41. The molecule has 0 aliphatic heterocycles. The third kappa shape index (κ3) is 23.7. The Labute approximate surface area is 459 Å². The molecule has 3 aromatic rings. The van der Waals surface area contributed by atoms with Crippen molar-refractivity contribution in [3.63, 3.8) is 0 Å². The zero-order valence-electron chi connectivity index (χ0n) is 47.2. The molecule has 3 aromatic heterocycles. The lowest BCUT2D eigenvalue weighted by atomic mass is 10.2. The topological polar surface area (TPSA) is 379 Å². The molecule has 0 fully saturated rings. The first kappa shape index (κ1) is 66.0. The van der Waals surface area contributed by atoms with Gasteiger partial charge in [-0.1, -0.05) is 0 Å². The molecule has 0 radical (unpaired) electrons. The Hall–Kier alpha value is -7.30. The Morgan fingerprint density at radius 3 is 0.924 bits per heavy atom. The van der Waals surface area contributed by atoms with Crippen molar-refractivity contribution in [2.45, 2.75) is 138 Å². The Kier molecular flexibility index (Phi) is 28.3. The summed E-state index contributed by atoms with van der Waals surface area (Å²) in [5.74, 6) is -1.49. The van der Waals surface area contributed by atoms with Crippen LogP contribution in [0.15, 0.2) is 14.4 Å². The van der Waals surface area contributed by atoms with Gasteiger partial charge in [0, 0.05) is 154 Å². The number of nitrogens with one attached hydrogen (secondary N) is 9. The van der Waals surface area contributed by atoms with E-state index in [1.165, 1.54) is 0 Å². The summed E-state index contributed by atoms with van der Waals surface area (Å²) >= 11 is 0. The second kappa shape index (κ2) is 33.9. The minimum atomic E-state index is -0.661. The van der Waals surface area contributed by atoms with Gasteiger partial charge in [0.2, 0.25) is 35.4 Å². The molecule has 0 spiro atoms. The molecule has 6 amide bonds. The van der Waals surface area contributed by atoms with Gasteiger partial charge in [0.05, 0.1) is 34.2 Å². The number of carbonyl (C=O) groups is 6. The molecular formula is C51H84N16O12. The lowest BCUT2D eigenvalue weighted by Gasteiger charge is -2.23. The maximum Gasteiger partial charge on any atom is 0.304 e. The summed E-state index contributed by atoms with van der Waals surface area (Å²) in [5, 5.41) is 56.6. The van der Waals surface area contributed by atoms with E-state index in [2.05, 4.69) is 62.8 Å². The van der Waals surface area contributed by atoms with Crippen LogP contribution < -0.4 is 64.5 Å². The number of hydrogen-bond donors (Lipinski definition) is 12. The summed E-state index contributed by atoms with van der Waals surface area (Å²) in [7, 11) is 0. The van der Waals surface area contributed by atoms with E-state index in [0.29, 0.717) is 107 Å². The lowest BCUT2D eigenvalue weighted by molar-refractivity contribution is -0.122. The van der Waals surface area contributed by atoms with E-state index in [9.17, 15) is 58.8 Å². The van der Waals surface area contributed by atoms with Crippen LogP contribution in [0.2, 0.25) is 0 Å². The Balaban J connectivity index is 1.38. The fourth-order valence-electron chi connectivity index (χ4n) is 7.88. The normalized spacial score (nSPS) is 12.4. The minimum absolute atomic E-state index is 0.00269. The van der Waals surface area contributed by atoms with Gasteiger partial charge in [0.1, 0.15) is 17.1 Å². The molecule has 0 aromatic carbocycles. The molecule has 28 nitrogen and oxygen atoms in total. The molecule has 0 saturated heterocycles. The van der Waals surface area contributed by atoms with Gasteiger partial charge < -0.3 is 63.5 Å². The van der Waals surface area contributed by atoms with Crippen LogP contribution in [-0.4, -0.2) is 182 Å². The molecule has 12 N–H and O–H groups in total. The maximum atomic E-state index is 12.8. The number of amides is 6. The highest BCUT2D eigenvalue weighted by atomic mass is 16.5. The van der Waals surface area contributed by atoms with Gasteiger partial charge in [-0.05, 0) is 62.3 Å². The fourth-order valence-corrected chi connectivity index (χ4v) is 7.88. The van der Waals surface area contributed by atoms with Crippen molar-refractivity contribution in [3.05, 3.63) is 82.3 Å². The molecule has 0 unspecified atom stereocenters. The quantitative estimate of drug-likeness (QED) is 0.0207. The second-order valence-corrected chi connectivity index (χ2v) is 19.7. The number of hydrogen-bond acceptors (Lipinski definition) is 19. The van der Waals surface area contributed by atoms with E-state index in [-0.39, 0.29) is 148 Å². The van der Waals surface area contributed by atoms with E-state index in [4.69, 9.17) is 0 Å². The summed E-state index contributed by atoms with van der Waals surface area (Å²) in [5.41, 5.74) is 0.751. The van der Waals surface area contributed by atoms with E-state index in [1.54, 1.807) is 62.3 Å². The fraction of sp³-hybridized carbons (Fsp3) is 0.647. The van der Waals surface area contributed by atoms with Crippen molar-refractivity contribution in [2.75, 3.05) is 78.5 Å². The highest BCUT2D eigenvalue weighted by Gasteiger charge is 2.18. The van der Waals surface area contributed by atoms with Gasteiger partial charge >= 0.3 is 16.7 Å². The molecule has 0 bridgehead atoms.